The standard InChI is InChI=1S/C28H24N4O8S/c1-2-39-28(34)21-14-12-20(13-15-21)25-17-16-23(40-25)18-29-30-27(33)19-31(22-8-4-3-5-9-22)41(37,38)26-11-7-6-10-24(26)32(35)36/h3-18H,2,19H2,1H3,(H,30,33). The van der Waals surface area contributed by atoms with E-state index < -0.39 is 44.0 Å². The Balaban J connectivity index is 1.47. The molecule has 0 spiro atoms. The number of amides is 1. The Morgan fingerprint density at radius 1 is 1.00 bits per heavy atom. The molecule has 41 heavy (non-hydrogen) atoms. The van der Waals surface area contributed by atoms with Crippen molar-refractivity contribution in [3.05, 3.63) is 112 Å². The molecule has 0 aliphatic rings. The number of ether oxygens (including phenoxy) is 1. The highest BCUT2D eigenvalue weighted by atomic mass is 32.2. The smallest absolute Gasteiger partial charge is 0.338 e. The predicted molar refractivity (Wildman–Crippen MR) is 150 cm³/mol. The van der Waals surface area contributed by atoms with Gasteiger partial charge < -0.3 is 9.15 Å². The lowest BCUT2D eigenvalue weighted by molar-refractivity contribution is -0.387. The molecular weight excluding hydrogens is 552 g/mol. The number of carbonyl (C=O) groups is 2. The number of rotatable bonds is 11. The van der Waals surface area contributed by atoms with Crippen LogP contribution in [0, 0.1) is 10.1 Å². The summed E-state index contributed by atoms with van der Waals surface area (Å²) in [4.78, 5) is 34.7. The quantitative estimate of drug-likeness (QED) is 0.119. The second kappa shape index (κ2) is 12.7. The number of nitro groups is 1. The van der Waals surface area contributed by atoms with Crippen LogP contribution in [0.15, 0.2) is 105 Å². The molecule has 0 atom stereocenters. The van der Waals surface area contributed by atoms with Crippen molar-refractivity contribution in [3.8, 4) is 11.3 Å². The van der Waals surface area contributed by atoms with Gasteiger partial charge in [0, 0.05) is 11.6 Å². The van der Waals surface area contributed by atoms with E-state index in [1.165, 1.54) is 30.5 Å². The van der Waals surface area contributed by atoms with Gasteiger partial charge in [-0.1, -0.05) is 42.5 Å². The molecule has 0 saturated heterocycles. The van der Waals surface area contributed by atoms with Crippen LogP contribution in [0.4, 0.5) is 11.4 Å². The predicted octanol–water partition coefficient (Wildman–Crippen LogP) is 4.38. The van der Waals surface area contributed by atoms with E-state index in [0.717, 1.165) is 16.4 Å². The van der Waals surface area contributed by atoms with E-state index >= 15 is 0 Å². The van der Waals surface area contributed by atoms with Crippen molar-refractivity contribution in [1.82, 2.24) is 5.43 Å². The summed E-state index contributed by atoms with van der Waals surface area (Å²) in [6, 6.07) is 22.6. The normalized spacial score (nSPS) is 11.2. The zero-order valence-corrected chi connectivity index (χ0v) is 22.5. The third-order valence-corrected chi connectivity index (χ3v) is 7.47. The fraction of sp³-hybridized carbons (Fsp3) is 0.107. The molecular formula is C28H24N4O8S. The van der Waals surface area contributed by atoms with Crippen LogP contribution >= 0.6 is 0 Å². The Bertz CT molecular complexity index is 1680. The molecule has 12 nitrogen and oxygen atoms in total. The third kappa shape index (κ3) is 6.83. The van der Waals surface area contributed by atoms with Gasteiger partial charge in [0.15, 0.2) is 4.90 Å². The fourth-order valence-electron chi connectivity index (χ4n) is 3.75. The van der Waals surface area contributed by atoms with E-state index in [2.05, 4.69) is 10.5 Å². The van der Waals surface area contributed by atoms with Gasteiger partial charge in [-0.15, -0.1) is 0 Å². The number of furan rings is 1. The van der Waals surface area contributed by atoms with Crippen LogP contribution in [-0.2, 0) is 19.6 Å². The van der Waals surface area contributed by atoms with Crippen molar-refractivity contribution in [2.24, 2.45) is 5.10 Å². The molecule has 4 aromatic rings. The summed E-state index contributed by atoms with van der Waals surface area (Å²) in [5.74, 6) is -0.447. The van der Waals surface area contributed by atoms with Crippen molar-refractivity contribution in [2.75, 3.05) is 17.5 Å². The highest BCUT2D eigenvalue weighted by Crippen LogP contribution is 2.29. The zero-order valence-electron chi connectivity index (χ0n) is 21.7. The topological polar surface area (TPSA) is 161 Å². The largest absolute Gasteiger partial charge is 0.462 e. The number of nitro benzene ring substituents is 1. The van der Waals surface area contributed by atoms with E-state index in [1.807, 2.05) is 0 Å². The summed E-state index contributed by atoms with van der Waals surface area (Å²) in [6.07, 6.45) is 1.23. The zero-order chi connectivity index (χ0) is 29.4. The first-order valence-electron chi connectivity index (χ1n) is 12.2. The maximum absolute atomic E-state index is 13.5. The number of nitrogens with zero attached hydrogens (tertiary/aromatic N) is 3. The molecule has 0 fully saturated rings. The summed E-state index contributed by atoms with van der Waals surface area (Å²) in [5.41, 5.74) is 2.87. The van der Waals surface area contributed by atoms with Gasteiger partial charge in [0.25, 0.3) is 21.6 Å². The number of para-hydroxylation sites is 2. The summed E-state index contributed by atoms with van der Waals surface area (Å²) >= 11 is 0. The number of hydrogen-bond acceptors (Lipinski definition) is 9. The second-order valence-electron chi connectivity index (χ2n) is 8.37. The first kappa shape index (κ1) is 28.7. The van der Waals surface area contributed by atoms with Crippen molar-refractivity contribution >= 4 is 39.5 Å². The molecule has 4 rings (SSSR count). The number of nitrogens with one attached hydrogen (secondary N) is 1. The van der Waals surface area contributed by atoms with Crippen LogP contribution in [0.2, 0.25) is 0 Å². The molecule has 1 aromatic heterocycles. The lowest BCUT2D eigenvalue weighted by Crippen LogP contribution is -2.39. The van der Waals surface area contributed by atoms with Crippen LogP contribution in [0.1, 0.15) is 23.0 Å². The number of hydrazone groups is 1. The van der Waals surface area contributed by atoms with Gasteiger partial charge in [0.05, 0.1) is 29.0 Å². The van der Waals surface area contributed by atoms with Crippen LogP contribution in [0.25, 0.3) is 11.3 Å². The van der Waals surface area contributed by atoms with Gasteiger partial charge in [-0.25, -0.2) is 18.6 Å². The molecule has 1 N–H and O–H groups in total. The van der Waals surface area contributed by atoms with Crippen LogP contribution in [0.5, 0.6) is 0 Å². The Labute approximate surface area is 235 Å². The van der Waals surface area contributed by atoms with Gasteiger partial charge >= 0.3 is 5.97 Å². The first-order chi connectivity index (χ1) is 19.7. The van der Waals surface area contributed by atoms with Gasteiger partial charge in [0.1, 0.15) is 18.1 Å². The van der Waals surface area contributed by atoms with Crippen LogP contribution in [0.3, 0.4) is 0 Å². The van der Waals surface area contributed by atoms with Crippen molar-refractivity contribution < 1.29 is 32.1 Å². The lowest BCUT2D eigenvalue weighted by Gasteiger charge is -2.23. The molecule has 0 unspecified atom stereocenters. The summed E-state index contributed by atoms with van der Waals surface area (Å²) in [7, 11) is -4.51. The van der Waals surface area contributed by atoms with Gasteiger partial charge in [-0.2, -0.15) is 5.10 Å². The third-order valence-electron chi connectivity index (χ3n) is 5.65. The number of anilines is 1. The minimum Gasteiger partial charge on any atom is -0.462 e. The maximum Gasteiger partial charge on any atom is 0.338 e. The Morgan fingerprint density at radius 3 is 2.37 bits per heavy atom. The number of benzene rings is 3. The van der Waals surface area contributed by atoms with E-state index in [4.69, 9.17) is 9.15 Å². The average Bonchev–Trinajstić information content (AvgIpc) is 3.45. The number of sulfonamides is 1. The SMILES string of the molecule is CCOC(=O)c1ccc(-c2ccc(C=NNC(=O)CN(c3ccccc3)S(=O)(=O)c3ccccc3[N+](=O)[O-])o2)cc1. The Hall–Kier alpha value is -5.30. The van der Waals surface area contributed by atoms with E-state index in [-0.39, 0.29) is 12.3 Å². The van der Waals surface area contributed by atoms with Gasteiger partial charge in [0.2, 0.25) is 0 Å². The van der Waals surface area contributed by atoms with Gasteiger partial charge in [-0.05, 0) is 49.4 Å². The molecule has 1 amide bonds. The molecule has 0 aliphatic carbocycles. The lowest BCUT2D eigenvalue weighted by atomic mass is 10.1. The molecule has 0 radical (unpaired) electrons. The second-order valence-corrected chi connectivity index (χ2v) is 10.2. The highest BCUT2D eigenvalue weighted by Gasteiger charge is 2.33. The molecule has 0 bridgehead atoms. The van der Waals surface area contributed by atoms with Crippen LogP contribution < -0.4 is 9.73 Å². The number of hydrogen-bond donors (Lipinski definition) is 1. The Morgan fingerprint density at radius 2 is 1.68 bits per heavy atom. The van der Waals surface area contributed by atoms with E-state index in [9.17, 15) is 28.1 Å². The summed E-state index contributed by atoms with van der Waals surface area (Å²) in [6.45, 7) is 1.29. The summed E-state index contributed by atoms with van der Waals surface area (Å²) < 4.78 is 38.4. The van der Waals surface area contributed by atoms with Crippen molar-refractivity contribution in [1.29, 1.82) is 0 Å². The fourth-order valence-corrected chi connectivity index (χ4v) is 5.33. The number of esters is 1. The van der Waals surface area contributed by atoms with Crippen molar-refractivity contribution in [2.45, 2.75) is 11.8 Å². The first-order valence-corrected chi connectivity index (χ1v) is 13.6. The minimum atomic E-state index is -4.51. The molecule has 210 valence electrons. The molecule has 0 saturated carbocycles. The molecule has 0 aliphatic heterocycles. The minimum absolute atomic E-state index is 0.134. The number of carbonyl (C=O) groups excluding carboxylic acids is 2. The molecule has 13 heteroatoms. The monoisotopic (exact) mass is 576 g/mol. The molecule has 3 aromatic carbocycles. The molecule has 1 heterocycles. The highest BCUT2D eigenvalue weighted by molar-refractivity contribution is 7.93. The van der Waals surface area contributed by atoms with Crippen molar-refractivity contribution in [3.63, 3.8) is 0 Å². The maximum atomic E-state index is 13.5. The average molecular weight is 577 g/mol. The summed E-state index contributed by atoms with van der Waals surface area (Å²) in [5, 5.41) is 15.3. The van der Waals surface area contributed by atoms with Gasteiger partial charge in [-0.3, -0.25) is 19.2 Å². The van der Waals surface area contributed by atoms with E-state index in [1.54, 1.807) is 61.5 Å². The van der Waals surface area contributed by atoms with Crippen LogP contribution in [-0.4, -0.2) is 44.6 Å². The Kier molecular flexibility index (Phi) is 8.89. The van der Waals surface area contributed by atoms with E-state index in [0.29, 0.717) is 22.6 Å².